The van der Waals surface area contributed by atoms with Crippen LogP contribution in [0.5, 0.6) is 0 Å². The van der Waals surface area contributed by atoms with Crippen molar-refractivity contribution < 1.29 is 14.6 Å². The highest BCUT2D eigenvalue weighted by Crippen LogP contribution is 2.30. The Kier molecular flexibility index (Phi) is 3.75. The minimum Gasteiger partial charge on any atom is -0.481 e. The van der Waals surface area contributed by atoms with E-state index in [-0.39, 0.29) is 12.5 Å². The number of carboxylic acids is 1. The Labute approximate surface area is 123 Å². The normalized spacial score (nSPS) is 18.9. The topological polar surface area (TPSA) is 62.7 Å². The van der Waals surface area contributed by atoms with Gasteiger partial charge in [-0.25, -0.2) is 0 Å². The second-order valence-electron chi connectivity index (χ2n) is 5.32. The van der Waals surface area contributed by atoms with Crippen molar-refractivity contribution in [1.29, 1.82) is 0 Å². The van der Waals surface area contributed by atoms with Gasteiger partial charge in [0.05, 0.1) is 31.2 Å². The molecule has 0 bridgehead atoms. The Morgan fingerprint density at radius 1 is 1.48 bits per heavy atom. The van der Waals surface area contributed by atoms with Gasteiger partial charge in [-0.05, 0) is 19.1 Å². The van der Waals surface area contributed by atoms with Crippen molar-refractivity contribution in [3.05, 3.63) is 36.0 Å². The largest absolute Gasteiger partial charge is 0.481 e. The van der Waals surface area contributed by atoms with Crippen LogP contribution in [0.1, 0.15) is 12.1 Å². The van der Waals surface area contributed by atoms with Crippen molar-refractivity contribution in [2.24, 2.45) is 0 Å². The first-order chi connectivity index (χ1) is 10.1. The lowest BCUT2D eigenvalue weighted by molar-refractivity contribution is -0.138. The van der Waals surface area contributed by atoms with E-state index >= 15 is 0 Å². The highest BCUT2D eigenvalue weighted by atomic mass is 16.5. The molecule has 0 aliphatic carbocycles. The number of morpholine rings is 1. The maximum absolute atomic E-state index is 11.1. The molecular formula is C16H18N2O3. The number of anilines is 1. The second kappa shape index (κ2) is 5.69. The van der Waals surface area contributed by atoms with Gasteiger partial charge in [0.15, 0.2) is 0 Å². The Hall–Kier alpha value is -2.14. The van der Waals surface area contributed by atoms with E-state index in [1.54, 1.807) is 0 Å². The average Bonchev–Trinajstić information content (AvgIpc) is 2.46. The number of fused-ring (bicyclic) bond motifs is 1. The molecule has 1 atom stereocenters. The Morgan fingerprint density at radius 2 is 2.29 bits per heavy atom. The van der Waals surface area contributed by atoms with Gasteiger partial charge in [0.1, 0.15) is 0 Å². The summed E-state index contributed by atoms with van der Waals surface area (Å²) in [5.41, 5.74) is 2.92. The molecule has 0 spiro atoms. The monoisotopic (exact) mass is 286 g/mol. The van der Waals surface area contributed by atoms with Crippen molar-refractivity contribution >= 4 is 22.6 Å². The van der Waals surface area contributed by atoms with Crippen molar-refractivity contribution in [3.63, 3.8) is 0 Å². The molecular weight excluding hydrogens is 268 g/mol. The molecule has 0 saturated carbocycles. The van der Waals surface area contributed by atoms with Gasteiger partial charge < -0.3 is 14.7 Å². The van der Waals surface area contributed by atoms with Crippen LogP contribution in [-0.4, -0.2) is 41.9 Å². The number of aromatic nitrogens is 1. The molecule has 110 valence electrons. The van der Waals surface area contributed by atoms with Crippen LogP contribution >= 0.6 is 0 Å². The van der Waals surface area contributed by atoms with Crippen LogP contribution in [-0.2, 0) is 9.53 Å². The predicted octanol–water partition coefficient (Wildman–Crippen LogP) is 2.22. The van der Waals surface area contributed by atoms with E-state index in [0.29, 0.717) is 19.8 Å². The van der Waals surface area contributed by atoms with E-state index in [0.717, 1.165) is 22.3 Å². The summed E-state index contributed by atoms with van der Waals surface area (Å²) < 4.78 is 5.46. The zero-order valence-corrected chi connectivity index (χ0v) is 12.0. The van der Waals surface area contributed by atoms with Gasteiger partial charge in [-0.3, -0.25) is 9.78 Å². The first kappa shape index (κ1) is 13.8. The third kappa shape index (κ3) is 2.83. The Morgan fingerprint density at radius 3 is 3.10 bits per heavy atom. The number of aryl methyl sites for hydroxylation is 1. The van der Waals surface area contributed by atoms with E-state index in [1.165, 1.54) is 0 Å². The summed E-state index contributed by atoms with van der Waals surface area (Å²) in [5.74, 6) is -0.800. The van der Waals surface area contributed by atoms with Crippen LogP contribution in [0.3, 0.4) is 0 Å². The zero-order chi connectivity index (χ0) is 14.8. The smallest absolute Gasteiger partial charge is 0.305 e. The summed E-state index contributed by atoms with van der Waals surface area (Å²) >= 11 is 0. The zero-order valence-electron chi connectivity index (χ0n) is 12.0. The molecule has 1 aliphatic heterocycles. The lowest BCUT2D eigenvalue weighted by atomic mass is 10.1. The Bertz CT molecular complexity index is 672. The summed E-state index contributed by atoms with van der Waals surface area (Å²) in [4.78, 5) is 17.8. The van der Waals surface area contributed by atoms with Crippen molar-refractivity contribution in [2.75, 3.05) is 24.7 Å². The minimum atomic E-state index is -0.800. The number of carboxylic acid groups (broad SMARTS) is 1. The number of ether oxygens (including phenoxy) is 1. The van der Waals surface area contributed by atoms with Crippen molar-refractivity contribution in [1.82, 2.24) is 4.98 Å². The molecule has 1 aromatic heterocycles. The number of hydrogen-bond acceptors (Lipinski definition) is 4. The van der Waals surface area contributed by atoms with Crippen LogP contribution in [0.25, 0.3) is 10.9 Å². The highest BCUT2D eigenvalue weighted by Gasteiger charge is 2.27. The predicted molar refractivity (Wildman–Crippen MR) is 80.7 cm³/mol. The molecule has 0 radical (unpaired) electrons. The summed E-state index contributed by atoms with van der Waals surface area (Å²) in [7, 11) is 0. The number of nitrogens with zero attached hydrogens (tertiary/aromatic N) is 2. The van der Waals surface area contributed by atoms with Gasteiger partial charge in [-0.2, -0.15) is 0 Å². The molecule has 1 N–H and O–H groups in total. The second-order valence-corrected chi connectivity index (χ2v) is 5.32. The number of para-hydroxylation sites is 1. The van der Waals surface area contributed by atoms with Gasteiger partial charge >= 0.3 is 5.97 Å². The fourth-order valence-corrected chi connectivity index (χ4v) is 2.87. The average molecular weight is 286 g/mol. The standard InChI is InChI=1S/C16H18N2O3/c1-11-8-15(13-4-2-3-5-14(13)17-11)18-6-7-21-10-12(18)9-16(19)20/h2-5,8,12H,6-7,9-10H2,1H3,(H,19,20). The fraction of sp³-hybridized carbons (Fsp3) is 0.375. The maximum atomic E-state index is 11.1. The summed E-state index contributed by atoms with van der Waals surface area (Å²) in [6, 6.07) is 9.86. The molecule has 5 heteroatoms. The van der Waals surface area contributed by atoms with Gasteiger partial charge in [-0.1, -0.05) is 18.2 Å². The number of hydrogen-bond donors (Lipinski definition) is 1. The minimum absolute atomic E-state index is 0.0791. The summed E-state index contributed by atoms with van der Waals surface area (Å²) in [5, 5.41) is 10.2. The van der Waals surface area contributed by atoms with E-state index < -0.39 is 5.97 Å². The number of benzene rings is 1. The van der Waals surface area contributed by atoms with Gasteiger partial charge in [0, 0.05) is 23.3 Å². The van der Waals surface area contributed by atoms with E-state index in [1.807, 2.05) is 37.3 Å². The molecule has 1 aromatic carbocycles. The maximum Gasteiger partial charge on any atom is 0.305 e. The van der Waals surface area contributed by atoms with Crippen LogP contribution in [0.2, 0.25) is 0 Å². The number of rotatable bonds is 3. The molecule has 2 heterocycles. The molecule has 1 fully saturated rings. The molecule has 0 amide bonds. The fourth-order valence-electron chi connectivity index (χ4n) is 2.87. The quantitative estimate of drug-likeness (QED) is 0.937. The van der Waals surface area contributed by atoms with Crippen molar-refractivity contribution in [2.45, 2.75) is 19.4 Å². The summed E-state index contributed by atoms with van der Waals surface area (Å²) in [6.45, 7) is 3.72. The van der Waals surface area contributed by atoms with E-state index in [9.17, 15) is 4.79 Å². The number of pyridine rings is 1. The third-order valence-corrected chi connectivity index (χ3v) is 3.77. The molecule has 21 heavy (non-hydrogen) atoms. The lowest BCUT2D eigenvalue weighted by Gasteiger charge is -2.37. The SMILES string of the molecule is Cc1cc(N2CCOCC2CC(=O)O)c2ccccc2n1. The lowest BCUT2D eigenvalue weighted by Crippen LogP contribution is -2.46. The van der Waals surface area contributed by atoms with Crippen LogP contribution in [0.15, 0.2) is 30.3 Å². The molecule has 5 nitrogen and oxygen atoms in total. The Balaban J connectivity index is 2.06. The first-order valence-corrected chi connectivity index (χ1v) is 7.08. The molecule has 1 unspecified atom stereocenters. The third-order valence-electron chi connectivity index (χ3n) is 3.77. The van der Waals surface area contributed by atoms with Crippen molar-refractivity contribution in [3.8, 4) is 0 Å². The molecule has 2 aromatic rings. The first-order valence-electron chi connectivity index (χ1n) is 7.08. The van der Waals surface area contributed by atoms with E-state index in [4.69, 9.17) is 9.84 Å². The highest BCUT2D eigenvalue weighted by molar-refractivity contribution is 5.92. The van der Waals surface area contributed by atoms with Gasteiger partial charge in [0.2, 0.25) is 0 Å². The van der Waals surface area contributed by atoms with Crippen LogP contribution < -0.4 is 4.90 Å². The van der Waals surface area contributed by atoms with Crippen LogP contribution in [0, 0.1) is 6.92 Å². The van der Waals surface area contributed by atoms with E-state index in [2.05, 4.69) is 9.88 Å². The number of aliphatic carboxylic acids is 1. The van der Waals surface area contributed by atoms with Crippen LogP contribution in [0.4, 0.5) is 5.69 Å². The van der Waals surface area contributed by atoms with Gasteiger partial charge in [0.25, 0.3) is 0 Å². The van der Waals surface area contributed by atoms with Gasteiger partial charge in [-0.15, -0.1) is 0 Å². The molecule has 1 saturated heterocycles. The number of carbonyl (C=O) groups is 1. The molecule has 3 rings (SSSR count). The summed E-state index contributed by atoms with van der Waals surface area (Å²) in [6.07, 6.45) is 0.0791. The molecule has 1 aliphatic rings.